The zero-order chi connectivity index (χ0) is 27.9. The molecule has 7 rings (SSSR count). The van der Waals surface area contributed by atoms with E-state index in [1.807, 2.05) is 59.2 Å². The maximum absolute atomic E-state index is 14.2. The predicted molar refractivity (Wildman–Crippen MR) is 163 cm³/mol. The molecule has 5 aromatic rings. The first-order chi connectivity index (χ1) is 20.0. The van der Waals surface area contributed by atoms with Gasteiger partial charge in [0.2, 0.25) is 0 Å². The Balaban J connectivity index is 1.07. The average molecular weight is 566 g/mol. The van der Waals surface area contributed by atoms with Crippen LogP contribution in [0.1, 0.15) is 35.6 Å². The van der Waals surface area contributed by atoms with E-state index in [9.17, 15) is 9.18 Å². The van der Waals surface area contributed by atoms with Crippen LogP contribution in [0.3, 0.4) is 0 Å². The van der Waals surface area contributed by atoms with Crippen molar-refractivity contribution in [2.24, 2.45) is 4.99 Å². The van der Waals surface area contributed by atoms with E-state index in [0.717, 1.165) is 66.2 Å². The van der Waals surface area contributed by atoms with Gasteiger partial charge in [0.05, 0.1) is 28.3 Å². The van der Waals surface area contributed by atoms with Crippen LogP contribution < -0.4 is 10.6 Å². The quantitative estimate of drug-likeness (QED) is 0.248. The molecule has 0 amide bonds. The van der Waals surface area contributed by atoms with E-state index in [2.05, 4.69) is 39.0 Å². The lowest BCUT2D eigenvalue weighted by Crippen LogP contribution is -2.36. The van der Waals surface area contributed by atoms with E-state index in [0.29, 0.717) is 12.2 Å². The van der Waals surface area contributed by atoms with Crippen LogP contribution in [0.5, 0.6) is 0 Å². The summed E-state index contributed by atoms with van der Waals surface area (Å²) in [6.07, 6.45) is 1.88. The summed E-state index contributed by atoms with van der Waals surface area (Å²) in [6, 6.07) is 29.8. The SMILES string of the molecule is O=c1[nH]c2ccccc2n1C1CCN(Cc2ccc(N3Cc4cc(Cl)c(F)cc4N=C3c3ccccc3)cc2)CC1. The van der Waals surface area contributed by atoms with E-state index >= 15 is 0 Å². The zero-order valence-electron chi connectivity index (χ0n) is 22.4. The molecule has 1 fully saturated rings. The Morgan fingerprint density at radius 2 is 1.66 bits per heavy atom. The second-order valence-electron chi connectivity index (χ2n) is 10.8. The molecular formula is C33H29ClFN5O. The molecule has 0 saturated carbocycles. The minimum Gasteiger partial charge on any atom is -0.321 e. The van der Waals surface area contributed by atoms with Gasteiger partial charge in [0.1, 0.15) is 11.7 Å². The summed E-state index contributed by atoms with van der Waals surface area (Å²) in [7, 11) is 0. The number of imidazole rings is 1. The highest BCUT2D eigenvalue weighted by Crippen LogP contribution is 2.35. The van der Waals surface area contributed by atoms with Gasteiger partial charge in [-0.15, -0.1) is 0 Å². The predicted octanol–water partition coefficient (Wildman–Crippen LogP) is 7.06. The van der Waals surface area contributed by atoms with E-state index in [-0.39, 0.29) is 16.8 Å². The average Bonchev–Trinajstić information content (AvgIpc) is 3.34. The first-order valence-electron chi connectivity index (χ1n) is 13.9. The van der Waals surface area contributed by atoms with Gasteiger partial charge in [-0.3, -0.25) is 9.47 Å². The van der Waals surface area contributed by atoms with Crippen molar-refractivity contribution in [3.8, 4) is 0 Å². The highest BCUT2D eigenvalue weighted by atomic mass is 35.5. The lowest BCUT2D eigenvalue weighted by atomic mass is 10.0. The molecule has 4 aromatic carbocycles. The fraction of sp³-hybridized carbons (Fsp3) is 0.212. The fourth-order valence-corrected chi connectivity index (χ4v) is 6.25. The van der Waals surface area contributed by atoms with E-state index < -0.39 is 5.82 Å². The Morgan fingerprint density at radius 3 is 2.44 bits per heavy atom. The molecule has 0 aliphatic carbocycles. The standard InChI is InChI=1S/C33H29ClFN5O/c34-27-18-24-21-39(32(23-6-2-1-3-7-23)36-30(24)19-28(27)35)25-12-10-22(11-13-25)20-38-16-14-26(15-17-38)40-31-9-5-4-8-29(31)37-33(40)41/h1-13,18-19,26H,14-17,20-21H2,(H,37,41). The Hall–Kier alpha value is -4.20. The van der Waals surface area contributed by atoms with E-state index in [1.54, 1.807) is 6.07 Å². The van der Waals surface area contributed by atoms with Crippen LogP contribution in [-0.2, 0) is 13.1 Å². The third kappa shape index (κ3) is 4.96. The third-order valence-corrected chi connectivity index (χ3v) is 8.45. The molecule has 8 heteroatoms. The number of hydrogen-bond acceptors (Lipinski definition) is 4. The minimum absolute atomic E-state index is 0.0219. The van der Waals surface area contributed by atoms with Crippen LogP contribution in [0.15, 0.2) is 101 Å². The van der Waals surface area contributed by atoms with Gasteiger partial charge >= 0.3 is 5.69 Å². The molecule has 0 bridgehead atoms. The summed E-state index contributed by atoms with van der Waals surface area (Å²) in [6.45, 7) is 3.27. The number of hydrogen-bond donors (Lipinski definition) is 1. The molecule has 1 N–H and O–H groups in total. The van der Waals surface area contributed by atoms with Crippen LogP contribution in [0.2, 0.25) is 5.02 Å². The molecule has 2 aliphatic rings. The lowest BCUT2D eigenvalue weighted by molar-refractivity contribution is 0.180. The monoisotopic (exact) mass is 565 g/mol. The van der Waals surface area contributed by atoms with Crippen molar-refractivity contribution in [1.29, 1.82) is 0 Å². The lowest BCUT2D eigenvalue weighted by Gasteiger charge is -2.33. The van der Waals surface area contributed by atoms with Gasteiger partial charge in [0, 0.05) is 43.0 Å². The first kappa shape index (κ1) is 25.7. The van der Waals surface area contributed by atoms with Crippen molar-refractivity contribution in [2.75, 3.05) is 18.0 Å². The molecular weight excluding hydrogens is 537 g/mol. The highest BCUT2D eigenvalue weighted by molar-refractivity contribution is 6.31. The maximum Gasteiger partial charge on any atom is 0.326 e. The number of rotatable bonds is 5. The number of nitrogens with zero attached hydrogens (tertiary/aromatic N) is 4. The van der Waals surface area contributed by atoms with Crippen molar-refractivity contribution in [1.82, 2.24) is 14.5 Å². The summed E-state index contributed by atoms with van der Waals surface area (Å²) in [4.78, 5) is 25.1. The second kappa shape index (κ2) is 10.7. The Kier molecular flexibility index (Phi) is 6.69. The van der Waals surface area contributed by atoms with Crippen molar-refractivity contribution in [2.45, 2.75) is 32.0 Å². The second-order valence-corrected chi connectivity index (χ2v) is 11.2. The molecule has 6 nitrogen and oxygen atoms in total. The molecule has 0 unspecified atom stereocenters. The Bertz CT molecular complexity index is 1800. The van der Waals surface area contributed by atoms with Gasteiger partial charge in [-0.2, -0.15) is 0 Å². The van der Waals surface area contributed by atoms with E-state index in [4.69, 9.17) is 16.6 Å². The number of aliphatic imine (C=N–C) groups is 1. The number of anilines is 1. The number of likely N-dealkylation sites (tertiary alicyclic amines) is 1. The highest BCUT2D eigenvalue weighted by Gasteiger charge is 2.25. The van der Waals surface area contributed by atoms with Crippen LogP contribution in [-0.4, -0.2) is 33.4 Å². The minimum atomic E-state index is -0.461. The molecule has 0 atom stereocenters. The number of H-pyrrole nitrogens is 1. The number of para-hydroxylation sites is 2. The number of halogens is 2. The van der Waals surface area contributed by atoms with Gasteiger partial charge in [-0.05, 0) is 54.3 Å². The molecule has 206 valence electrons. The third-order valence-electron chi connectivity index (χ3n) is 8.16. The normalized spacial score (nSPS) is 16.1. The molecule has 2 aliphatic heterocycles. The van der Waals surface area contributed by atoms with Gasteiger partial charge in [-0.1, -0.05) is 66.2 Å². The largest absolute Gasteiger partial charge is 0.326 e. The number of nitrogens with one attached hydrogen (secondary N) is 1. The molecule has 1 saturated heterocycles. The van der Waals surface area contributed by atoms with Crippen LogP contribution in [0, 0.1) is 5.82 Å². The maximum atomic E-state index is 14.2. The summed E-state index contributed by atoms with van der Waals surface area (Å²) < 4.78 is 16.2. The van der Waals surface area contributed by atoms with E-state index in [1.165, 1.54) is 11.6 Å². The smallest absolute Gasteiger partial charge is 0.321 e. The van der Waals surface area contributed by atoms with Crippen LogP contribution in [0.25, 0.3) is 11.0 Å². The van der Waals surface area contributed by atoms with Crippen molar-refractivity contribution < 1.29 is 4.39 Å². The Morgan fingerprint density at radius 1 is 0.927 bits per heavy atom. The van der Waals surface area contributed by atoms with Crippen LogP contribution in [0.4, 0.5) is 15.8 Å². The molecule has 0 spiro atoms. The zero-order valence-corrected chi connectivity index (χ0v) is 23.2. The van der Waals surface area contributed by atoms with Crippen LogP contribution >= 0.6 is 11.6 Å². The van der Waals surface area contributed by atoms with Gasteiger partial charge in [0.25, 0.3) is 0 Å². The topological polar surface area (TPSA) is 56.6 Å². The fourth-order valence-electron chi connectivity index (χ4n) is 6.06. The van der Waals surface area contributed by atoms with Crippen molar-refractivity contribution >= 4 is 39.8 Å². The summed E-state index contributed by atoms with van der Waals surface area (Å²) in [5.74, 6) is 0.319. The number of aromatic amines is 1. The van der Waals surface area contributed by atoms with Gasteiger partial charge in [0.15, 0.2) is 0 Å². The molecule has 41 heavy (non-hydrogen) atoms. The Labute approximate surface area is 242 Å². The van der Waals surface area contributed by atoms with Gasteiger partial charge < -0.3 is 9.88 Å². The molecule has 3 heterocycles. The number of amidine groups is 1. The molecule has 1 aromatic heterocycles. The number of aromatic nitrogens is 2. The van der Waals surface area contributed by atoms with Gasteiger partial charge in [-0.25, -0.2) is 14.2 Å². The summed E-state index contributed by atoms with van der Waals surface area (Å²) >= 11 is 6.11. The number of benzene rings is 4. The van der Waals surface area contributed by atoms with Crippen molar-refractivity contribution in [3.05, 3.63) is 129 Å². The number of piperidine rings is 1. The first-order valence-corrected chi connectivity index (χ1v) is 14.3. The summed E-state index contributed by atoms with van der Waals surface area (Å²) in [5.41, 5.74) is 6.57. The summed E-state index contributed by atoms with van der Waals surface area (Å²) in [5, 5.41) is 0.107. The number of fused-ring (bicyclic) bond motifs is 2. The van der Waals surface area contributed by atoms with Crippen molar-refractivity contribution in [3.63, 3.8) is 0 Å². The molecule has 0 radical (unpaired) electrons.